The molecular weight excluding hydrogens is 412 g/mol. The molecule has 0 radical (unpaired) electrons. The molecule has 0 aromatic rings. The lowest BCUT2D eigenvalue weighted by atomic mass is 10.0. The number of nitrogens with one attached hydrogen (secondary N) is 2. The summed E-state index contributed by atoms with van der Waals surface area (Å²) >= 11 is 0. The highest BCUT2D eigenvalue weighted by Crippen LogP contribution is 2.14. The summed E-state index contributed by atoms with van der Waals surface area (Å²) in [5.74, 6) is 0.597. The zero-order valence-corrected chi connectivity index (χ0v) is 21.2. The smallest absolute Gasteiger partial charge is 0.211 e. The second-order valence-corrected chi connectivity index (χ2v) is 11.6. The Morgan fingerprint density at radius 1 is 0.935 bits per heavy atom. The number of hydrogen-bond donors (Lipinski definition) is 3. The van der Waals surface area contributed by atoms with Gasteiger partial charge < -0.3 is 15.2 Å². The Bertz CT molecular complexity index is 528. The third kappa shape index (κ3) is 15.3. The lowest BCUT2D eigenvalue weighted by molar-refractivity contribution is -0.0718. The van der Waals surface area contributed by atoms with E-state index in [-0.39, 0.29) is 17.8 Å². The van der Waals surface area contributed by atoms with E-state index in [0.29, 0.717) is 19.1 Å². The van der Waals surface area contributed by atoms with E-state index >= 15 is 0 Å². The fourth-order valence-corrected chi connectivity index (χ4v) is 5.65. The van der Waals surface area contributed by atoms with E-state index in [1.807, 2.05) is 0 Å². The second kappa shape index (κ2) is 17.3. The van der Waals surface area contributed by atoms with Crippen molar-refractivity contribution in [2.45, 2.75) is 129 Å². The van der Waals surface area contributed by atoms with Crippen LogP contribution in [0.1, 0.15) is 111 Å². The molecule has 7 heteroatoms. The molecule has 1 heterocycles. The average Bonchev–Trinajstić information content (AvgIpc) is 3.11. The molecule has 1 unspecified atom stereocenters. The normalized spacial score (nSPS) is 20.5. The quantitative estimate of drug-likeness (QED) is 0.228. The largest absolute Gasteiger partial charge is 0.367 e. The monoisotopic (exact) mass is 462 g/mol. The zero-order valence-electron chi connectivity index (χ0n) is 20.4. The van der Waals surface area contributed by atoms with Gasteiger partial charge in [-0.05, 0) is 25.2 Å². The van der Waals surface area contributed by atoms with Crippen LogP contribution >= 0.6 is 0 Å². The zero-order chi connectivity index (χ0) is 23.0. The molecule has 1 aliphatic rings. The lowest BCUT2D eigenvalue weighted by Gasteiger charge is -2.24. The Morgan fingerprint density at radius 3 is 1.97 bits per heavy atom. The first-order chi connectivity index (χ1) is 14.8. The molecule has 0 aromatic heterocycles. The first-order valence-electron chi connectivity index (χ1n) is 12.9. The fraction of sp³-hybridized carbons (Fsp3) is 1.00. The third-order valence-electron chi connectivity index (χ3n) is 6.06. The molecule has 1 aliphatic heterocycles. The number of rotatable bonds is 20. The van der Waals surface area contributed by atoms with E-state index in [4.69, 9.17) is 4.74 Å². The van der Waals surface area contributed by atoms with E-state index in [1.54, 1.807) is 0 Å². The summed E-state index contributed by atoms with van der Waals surface area (Å²) in [4.78, 5) is 0. The number of unbranched alkanes of at least 4 members (excludes halogenated alkanes) is 11. The highest BCUT2D eigenvalue weighted by Gasteiger charge is 2.27. The Morgan fingerprint density at radius 2 is 1.48 bits per heavy atom. The van der Waals surface area contributed by atoms with Gasteiger partial charge in [-0.15, -0.1) is 0 Å². The van der Waals surface area contributed by atoms with Gasteiger partial charge in [-0.2, -0.15) is 0 Å². The van der Waals surface area contributed by atoms with Crippen LogP contribution in [0.15, 0.2) is 0 Å². The maximum Gasteiger partial charge on any atom is 0.211 e. The summed E-state index contributed by atoms with van der Waals surface area (Å²) in [6, 6.07) is -0.273. The van der Waals surface area contributed by atoms with Crippen molar-refractivity contribution in [1.29, 1.82) is 0 Å². The van der Waals surface area contributed by atoms with E-state index in [2.05, 4.69) is 30.8 Å². The van der Waals surface area contributed by atoms with Gasteiger partial charge in [0, 0.05) is 12.6 Å². The van der Waals surface area contributed by atoms with Gasteiger partial charge in [0.1, 0.15) is 0 Å². The highest BCUT2D eigenvalue weighted by atomic mass is 32.2. The van der Waals surface area contributed by atoms with Crippen molar-refractivity contribution >= 4 is 10.0 Å². The Kier molecular flexibility index (Phi) is 16.1. The van der Waals surface area contributed by atoms with Crippen molar-refractivity contribution in [2.24, 2.45) is 5.92 Å². The van der Waals surface area contributed by atoms with Crippen molar-refractivity contribution in [3.8, 4) is 0 Å². The van der Waals surface area contributed by atoms with Gasteiger partial charge in [0.2, 0.25) is 10.0 Å². The minimum atomic E-state index is -3.28. The number of aliphatic hydroxyl groups excluding tert-OH is 1. The molecule has 186 valence electrons. The molecule has 0 spiro atoms. The molecule has 3 atom stereocenters. The summed E-state index contributed by atoms with van der Waals surface area (Å²) in [6.45, 7) is 7.50. The van der Waals surface area contributed by atoms with Crippen LogP contribution in [0.2, 0.25) is 0 Å². The van der Waals surface area contributed by atoms with Crippen molar-refractivity contribution in [1.82, 2.24) is 10.0 Å². The number of sulfonamides is 1. The van der Waals surface area contributed by atoms with Crippen LogP contribution in [0.5, 0.6) is 0 Å². The van der Waals surface area contributed by atoms with Gasteiger partial charge in [0.15, 0.2) is 6.29 Å². The van der Waals surface area contributed by atoms with Gasteiger partial charge in [0.25, 0.3) is 0 Å². The molecule has 0 saturated carbocycles. The minimum Gasteiger partial charge on any atom is -0.367 e. The Labute approximate surface area is 192 Å². The van der Waals surface area contributed by atoms with Crippen LogP contribution in [0, 0.1) is 5.92 Å². The van der Waals surface area contributed by atoms with Gasteiger partial charge in [-0.3, -0.25) is 0 Å². The molecule has 0 aliphatic carbocycles. The van der Waals surface area contributed by atoms with E-state index in [1.165, 1.54) is 57.8 Å². The number of ether oxygens (including phenoxy) is 1. The van der Waals surface area contributed by atoms with Gasteiger partial charge in [0.05, 0.1) is 18.4 Å². The minimum absolute atomic E-state index is 0.115. The molecule has 0 aromatic carbocycles. The molecule has 1 saturated heterocycles. The summed E-state index contributed by atoms with van der Waals surface area (Å²) in [5, 5.41) is 13.0. The van der Waals surface area contributed by atoms with Crippen LogP contribution in [0.3, 0.4) is 0 Å². The highest BCUT2D eigenvalue weighted by molar-refractivity contribution is 7.89. The van der Waals surface area contributed by atoms with E-state index in [0.717, 1.165) is 32.1 Å². The van der Waals surface area contributed by atoms with Crippen LogP contribution < -0.4 is 10.0 Å². The van der Waals surface area contributed by atoms with Crippen LogP contribution in [0.25, 0.3) is 0 Å². The molecule has 31 heavy (non-hydrogen) atoms. The van der Waals surface area contributed by atoms with Crippen molar-refractivity contribution in [2.75, 3.05) is 18.9 Å². The van der Waals surface area contributed by atoms with Gasteiger partial charge in [-0.1, -0.05) is 91.4 Å². The summed E-state index contributed by atoms with van der Waals surface area (Å²) in [7, 11) is -3.28. The maximum absolute atomic E-state index is 12.6. The Hall–Kier alpha value is -0.210. The SMILES string of the molecule is CCCCCCCCCCCCCCS(=O)(=O)N[C@@H](CN[C@H]1CCOC1O)CC(C)C. The van der Waals surface area contributed by atoms with Crippen LogP contribution in [-0.2, 0) is 14.8 Å². The molecule has 1 fully saturated rings. The van der Waals surface area contributed by atoms with Gasteiger partial charge in [-0.25, -0.2) is 13.1 Å². The fourth-order valence-electron chi connectivity index (χ4n) is 4.26. The predicted molar refractivity (Wildman–Crippen MR) is 130 cm³/mol. The summed E-state index contributed by atoms with van der Waals surface area (Å²) in [6.07, 6.45) is 15.5. The summed E-state index contributed by atoms with van der Waals surface area (Å²) < 4.78 is 33.2. The van der Waals surface area contributed by atoms with Gasteiger partial charge >= 0.3 is 0 Å². The van der Waals surface area contributed by atoms with Crippen molar-refractivity contribution < 1.29 is 18.3 Å². The standard InChI is InChI=1S/C24H50N2O4S/c1-4-5-6-7-8-9-10-11-12-13-14-15-18-31(28,29)26-22(19-21(2)3)20-25-23-16-17-30-24(23)27/h21-27H,4-20H2,1-3H3/t22-,23+,24?/m1/s1. The molecule has 1 rings (SSSR count). The lowest BCUT2D eigenvalue weighted by Crippen LogP contribution is -2.47. The predicted octanol–water partition coefficient (Wildman–Crippen LogP) is 4.72. The number of hydrogen-bond acceptors (Lipinski definition) is 5. The molecule has 0 amide bonds. The summed E-state index contributed by atoms with van der Waals surface area (Å²) in [5.41, 5.74) is 0. The first-order valence-corrected chi connectivity index (χ1v) is 14.5. The molecule has 6 nitrogen and oxygen atoms in total. The van der Waals surface area contributed by atoms with Crippen molar-refractivity contribution in [3.05, 3.63) is 0 Å². The maximum atomic E-state index is 12.6. The van der Waals surface area contributed by atoms with E-state index < -0.39 is 16.3 Å². The first kappa shape index (κ1) is 28.8. The average molecular weight is 463 g/mol. The van der Waals surface area contributed by atoms with E-state index in [9.17, 15) is 13.5 Å². The second-order valence-electron chi connectivity index (χ2n) is 9.72. The topological polar surface area (TPSA) is 87.7 Å². The molecular formula is C24H50N2O4S. The van der Waals surface area contributed by atoms with Crippen LogP contribution in [0.4, 0.5) is 0 Å². The Balaban J connectivity index is 2.15. The molecule has 0 bridgehead atoms. The third-order valence-corrected chi connectivity index (χ3v) is 7.58. The van der Waals surface area contributed by atoms with Crippen molar-refractivity contribution in [3.63, 3.8) is 0 Å². The van der Waals surface area contributed by atoms with Crippen LogP contribution in [-0.4, -0.2) is 50.8 Å². The molecule has 3 N–H and O–H groups in total. The number of aliphatic hydroxyl groups is 1.